The zero-order chi connectivity index (χ0) is 13.5. The van der Waals surface area contributed by atoms with E-state index in [0.717, 1.165) is 9.99 Å². The van der Waals surface area contributed by atoms with Gasteiger partial charge in [0.2, 0.25) is 0 Å². The monoisotopic (exact) mass is 361 g/mol. The smallest absolute Gasteiger partial charge is 0.305 e. The van der Waals surface area contributed by atoms with E-state index in [0.29, 0.717) is 12.0 Å². The van der Waals surface area contributed by atoms with E-state index in [1.54, 1.807) is 12.1 Å². The summed E-state index contributed by atoms with van der Waals surface area (Å²) in [5.74, 6) is -1.11. The van der Waals surface area contributed by atoms with Crippen LogP contribution in [-0.4, -0.2) is 23.0 Å². The topological polar surface area (TPSA) is 66.4 Å². The maximum absolute atomic E-state index is 11.9. The fourth-order valence-electron chi connectivity index (χ4n) is 1.65. The molecule has 0 aromatic heterocycles. The van der Waals surface area contributed by atoms with Gasteiger partial charge in [0.05, 0.1) is 6.42 Å². The number of carboxylic acids is 1. The van der Waals surface area contributed by atoms with E-state index in [1.165, 1.54) is 0 Å². The lowest BCUT2D eigenvalue weighted by molar-refractivity contribution is -0.137. The van der Waals surface area contributed by atoms with Gasteiger partial charge in [0.1, 0.15) is 0 Å². The van der Waals surface area contributed by atoms with Gasteiger partial charge in [0.25, 0.3) is 5.91 Å². The Morgan fingerprint density at radius 2 is 1.94 bits per heavy atom. The molecular weight excluding hydrogens is 345 g/mol. The van der Waals surface area contributed by atoms with Gasteiger partial charge in [-0.25, -0.2) is 0 Å². The summed E-state index contributed by atoms with van der Waals surface area (Å²) in [6, 6.07) is 6.87. The van der Waals surface area contributed by atoms with Gasteiger partial charge >= 0.3 is 5.97 Å². The minimum Gasteiger partial charge on any atom is -0.481 e. The molecule has 1 rings (SSSR count). The molecule has 0 aliphatic heterocycles. The van der Waals surface area contributed by atoms with E-state index >= 15 is 0 Å². The summed E-state index contributed by atoms with van der Waals surface area (Å²) in [6.07, 6.45) is 1.47. The van der Waals surface area contributed by atoms with Gasteiger partial charge in [-0.15, -0.1) is 0 Å². The second-order valence-corrected chi connectivity index (χ2v) is 5.31. The van der Waals surface area contributed by atoms with Crippen LogP contribution in [-0.2, 0) is 4.79 Å². The molecule has 0 spiro atoms. The molecule has 4 nitrogen and oxygen atoms in total. The minimum absolute atomic E-state index is 0.0377. The van der Waals surface area contributed by atoms with E-state index in [1.807, 2.05) is 19.1 Å². The Kier molecular flexibility index (Phi) is 6.11. The fraction of sp³-hybridized carbons (Fsp3) is 0.385. The Balaban J connectivity index is 2.65. The first kappa shape index (κ1) is 14.9. The molecule has 0 aliphatic carbocycles. The summed E-state index contributed by atoms with van der Waals surface area (Å²) in [7, 11) is 0. The molecule has 0 radical (unpaired) electrons. The number of hydrogen-bond acceptors (Lipinski definition) is 2. The number of carboxylic acid groups (broad SMARTS) is 1. The third kappa shape index (κ3) is 5.03. The number of benzene rings is 1. The van der Waals surface area contributed by atoms with Crippen LogP contribution in [0.15, 0.2) is 24.3 Å². The average molecular weight is 361 g/mol. The number of hydrogen-bond donors (Lipinski definition) is 2. The number of aliphatic carboxylic acids is 1. The van der Waals surface area contributed by atoms with Crippen LogP contribution in [0.2, 0.25) is 0 Å². The third-order valence-corrected chi connectivity index (χ3v) is 3.22. The second-order valence-electron chi connectivity index (χ2n) is 4.06. The van der Waals surface area contributed by atoms with E-state index in [4.69, 9.17) is 5.11 Å². The van der Waals surface area contributed by atoms with E-state index in [2.05, 4.69) is 27.9 Å². The van der Waals surface area contributed by atoms with Crippen LogP contribution in [0.3, 0.4) is 0 Å². The quantitative estimate of drug-likeness (QED) is 0.766. The highest BCUT2D eigenvalue weighted by molar-refractivity contribution is 14.1. The molecule has 2 N–H and O–H groups in total. The zero-order valence-corrected chi connectivity index (χ0v) is 12.3. The van der Waals surface area contributed by atoms with Gasteiger partial charge in [-0.3, -0.25) is 9.59 Å². The largest absolute Gasteiger partial charge is 0.481 e. The van der Waals surface area contributed by atoms with Crippen molar-refractivity contribution >= 4 is 34.5 Å². The molecule has 0 bridgehead atoms. The van der Waals surface area contributed by atoms with Crippen molar-refractivity contribution in [2.24, 2.45) is 0 Å². The SMILES string of the molecule is CCCC(CC(=O)O)NC(=O)c1ccc(I)cc1. The Hall–Kier alpha value is -1.11. The average Bonchev–Trinajstić information content (AvgIpc) is 2.29. The van der Waals surface area contributed by atoms with Crippen molar-refractivity contribution in [2.75, 3.05) is 0 Å². The highest BCUT2D eigenvalue weighted by Crippen LogP contribution is 2.08. The van der Waals surface area contributed by atoms with Crippen molar-refractivity contribution in [3.05, 3.63) is 33.4 Å². The van der Waals surface area contributed by atoms with Gasteiger partial charge in [-0.1, -0.05) is 13.3 Å². The first-order chi connectivity index (χ1) is 8.52. The predicted octanol–water partition coefficient (Wildman–Crippen LogP) is 2.66. The number of rotatable bonds is 6. The Morgan fingerprint density at radius 1 is 1.33 bits per heavy atom. The Labute approximate surface area is 120 Å². The molecule has 0 saturated heterocycles. The lowest BCUT2D eigenvalue weighted by atomic mass is 10.1. The Morgan fingerprint density at radius 3 is 2.44 bits per heavy atom. The lowest BCUT2D eigenvalue weighted by Gasteiger charge is -2.16. The summed E-state index contributed by atoms with van der Waals surface area (Å²) >= 11 is 2.17. The molecule has 98 valence electrons. The van der Waals surface area contributed by atoms with Gasteiger partial charge in [-0.05, 0) is 53.3 Å². The van der Waals surface area contributed by atoms with Gasteiger partial charge < -0.3 is 10.4 Å². The number of nitrogens with one attached hydrogen (secondary N) is 1. The standard InChI is InChI=1S/C13H16INO3/c1-2-3-11(8-12(16)17)15-13(18)9-4-6-10(14)7-5-9/h4-7,11H,2-3,8H2,1H3,(H,15,18)(H,16,17). The lowest BCUT2D eigenvalue weighted by Crippen LogP contribution is -2.36. The van der Waals surface area contributed by atoms with E-state index < -0.39 is 5.97 Å². The van der Waals surface area contributed by atoms with E-state index in [9.17, 15) is 9.59 Å². The maximum Gasteiger partial charge on any atom is 0.305 e. The molecule has 1 aromatic rings. The first-order valence-electron chi connectivity index (χ1n) is 5.81. The van der Waals surface area contributed by atoms with Crippen molar-refractivity contribution in [1.82, 2.24) is 5.32 Å². The molecule has 0 heterocycles. The molecular formula is C13H16INO3. The van der Waals surface area contributed by atoms with Gasteiger partial charge in [-0.2, -0.15) is 0 Å². The van der Waals surface area contributed by atoms with E-state index in [-0.39, 0.29) is 18.4 Å². The second kappa shape index (κ2) is 7.35. The Bertz CT molecular complexity index is 417. The minimum atomic E-state index is -0.892. The van der Waals surface area contributed by atoms with Crippen LogP contribution in [0.4, 0.5) is 0 Å². The molecule has 0 saturated carbocycles. The van der Waals surface area contributed by atoms with Crippen molar-refractivity contribution in [2.45, 2.75) is 32.2 Å². The van der Waals surface area contributed by atoms with Crippen molar-refractivity contribution in [3.8, 4) is 0 Å². The molecule has 1 unspecified atom stereocenters. The molecule has 1 aromatic carbocycles. The zero-order valence-electron chi connectivity index (χ0n) is 10.1. The highest BCUT2D eigenvalue weighted by Gasteiger charge is 2.15. The number of halogens is 1. The summed E-state index contributed by atoms with van der Waals surface area (Å²) in [5, 5.41) is 11.5. The number of amides is 1. The van der Waals surface area contributed by atoms with Gasteiger partial charge in [0, 0.05) is 15.2 Å². The number of carbonyl (C=O) groups excluding carboxylic acids is 1. The van der Waals surface area contributed by atoms with Crippen LogP contribution in [0.1, 0.15) is 36.5 Å². The molecule has 0 aliphatic rings. The van der Waals surface area contributed by atoms with Crippen molar-refractivity contribution in [3.63, 3.8) is 0 Å². The third-order valence-electron chi connectivity index (χ3n) is 2.50. The molecule has 0 fully saturated rings. The fourth-order valence-corrected chi connectivity index (χ4v) is 2.01. The first-order valence-corrected chi connectivity index (χ1v) is 6.89. The van der Waals surface area contributed by atoms with Crippen molar-refractivity contribution in [1.29, 1.82) is 0 Å². The van der Waals surface area contributed by atoms with Crippen LogP contribution in [0.25, 0.3) is 0 Å². The predicted molar refractivity (Wildman–Crippen MR) is 77.6 cm³/mol. The number of carbonyl (C=O) groups is 2. The summed E-state index contributed by atoms with van der Waals surface area (Å²) in [4.78, 5) is 22.6. The van der Waals surface area contributed by atoms with Crippen LogP contribution < -0.4 is 5.32 Å². The molecule has 1 atom stereocenters. The van der Waals surface area contributed by atoms with Gasteiger partial charge in [0.15, 0.2) is 0 Å². The highest BCUT2D eigenvalue weighted by atomic mass is 127. The normalized spacial score (nSPS) is 11.9. The molecule has 5 heteroatoms. The summed E-state index contributed by atoms with van der Waals surface area (Å²) < 4.78 is 1.06. The van der Waals surface area contributed by atoms with Crippen molar-refractivity contribution < 1.29 is 14.7 Å². The van der Waals surface area contributed by atoms with Crippen LogP contribution in [0, 0.1) is 3.57 Å². The summed E-state index contributed by atoms with van der Waals surface area (Å²) in [5.41, 5.74) is 0.557. The van der Waals surface area contributed by atoms with Crippen LogP contribution >= 0.6 is 22.6 Å². The molecule has 1 amide bonds. The molecule has 18 heavy (non-hydrogen) atoms. The van der Waals surface area contributed by atoms with Crippen LogP contribution in [0.5, 0.6) is 0 Å². The summed E-state index contributed by atoms with van der Waals surface area (Å²) in [6.45, 7) is 1.96. The maximum atomic E-state index is 11.9.